The summed E-state index contributed by atoms with van der Waals surface area (Å²) in [5.74, 6) is 0.601. The Hall–Kier alpha value is -1.06. The molecule has 1 aliphatic heterocycles. The largest absolute Gasteiger partial charge is 0.376 e. The monoisotopic (exact) mass is 480 g/mol. The van der Waals surface area contributed by atoms with Gasteiger partial charge in [0.25, 0.3) is 0 Å². The van der Waals surface area contributed by atoms with Crippen LogP contribution in [-0.4, -0.2) is 56.7 Å². The third-order valence-electron chi connectivity index (χ3n) is 3.76. The maximum Gasteiger partial charge on any atom is 0.241 e. The lowest BCUT2D eigenvalue weighted by Crippen LogP contribution is -2.45. The van der Waals surface area contributed by atoms with Crippen molar-refractivity contribution in [1.82, 2.24) is 15.5 Å². The minimum Gasteiger partial charge on any atom is -0.376 e. The minimum atomic E-state index is -0.00638. The van der Waals surface area contributed by atoms with Gasteiger partial charge in [0.05, 0.1) is 19.2 Å². The highest BCUT2D eigenvalue weighted by molar-refractivity contribution is 14.0. The summed E-state index contributed by atoms with van der Waals surface area (Å²) >= 11 is 5.89. The summed E-state index contributed by atoms with van der Waals surface area (Å²) in [6, 6.07) is 7.56. The molecule has 1 atom stereocenters. The third kappa shape index (κ3) is 8.24. The topological polar surface area (TPSA) is 66.0 Å². The number of halogens is 2. The van der Waals surface area contributed by atoms with E-state index in [4.69, 9.17) is 16.3 Å². The Bertz CT molecular complexity index is 560. The molecule has 2 N–H and O–H groups in total. The van der Waals surface area contributed by atoms with Gasteiger partial charge >= 0.3 is 0 Å². The predicted molar refractivity (Wildman–Crippen MR) is 112 cm³/mol. The van der Waals surface area contributed by atoms with E-state index < -0.39 is 0 Å². The molecular weight excluding hydrogens is 455 g/mol. The normalized spacial score (nSPS) is 16.9. The van der Waals surface area contributed by atoms with E-state index in [0.29, 0.717) is 24.1 Å². The van der Waals surface area contributed by atoms with Crippen LogP contribution < -0.4 is 10.6 Å². The summed E-state index contributed by atoms with van der Waals surface area (Å²) in [6.45, 7) is 2.21. The fraction of sp³-hybridized carbons (Fsp3) is 0.529. The summed E-state index contributed by atoms with van der Waals surface area (Å²) in [6.07, 6.45) is 2.35. The average Bonchev–Trinajstić information content (AvgIpc) is 3.08. The Kier molecular flexibility index (Phi) is 10.1. The Balaban J connectivity index is 0.00000312. The molecule has 1 fully saturated rings. The molecular formula is C17H26ClIN4O2. The SMILES string of the molecule is CN(C)C(=O)CNC(=NCc1ccc(Cl)cc1)NCC1CCCO1.I. The molecule has 0 bridgehead atoms. The van der Waals surface area contributed by atoms with Crippen molar-refractivity contribution in [3.8, 4) is 0 Å². The van der Waals surface area contributed by atoms with E-state index in [1.54, 1.807) is 19.0 Å². The van der Waals surface area contributed by atoms with Gasteiger partial charge in [-0.3, -0.25) is 4.79 Å². The Morgan fingerprint density at radius 2 is 2.04 bits per heavy atom. The Morgan fingerprint density at radius 1 is 1.32 bits per heavy atom. The summed E-state index contributed by atoms with van der Waals surface area (Å²) in [5, 5.41) is 7.03. The number of ether oxygens (including phenoxy) is 1. The van der Waals surface area contributed by atoms with Crippen LogP contribution in [0.2, 0.25) is 5.02 Å². The summed E-state index contributed by atoms with van der Waals surface area (Å²) in [7, 11) is 3.46. The molecule has 140 valence electrons. The van der Waals surface area contributed by atoms with E-state index in [0.717, 1.165) is 25.0 Å². The number of aliphatic imine (C=N–C) groups is 1. The number of hydrogen-bond donors (Lipinski definition) is 2. The van der Waals surface area contributed by atoms with Gasteiger partial charge in [0.1, 0.15) is 0 Å². The smallest absolute Gasteiger partial charge is 0.241 e. The van der Waals surface area contributed by atoms with Crippen molar-refractivity contribution in [1.29, 1.82) is 0 Å². The van der Waals surface area contributed by atoms with Crippen molar-refractivity contribution in [2.45, 2.75) is 25.5 Å². The van der Waals surface area contributed by atoms with Crippen LogP contribution in [0.1, 0.15) is 18.4 Å². The molecule has 1 unspecified atom stereocenters. The van der Waals surface area contributed by atoms with Gasteiger partial charge in [-0.25, -0.2) is 4.99 Å². The van der Waals surface area contributed by atoms with E-state index in [1.807, 2.05) is 24.3 Å². The fourth-order valence-corrected chi connectivity index (χ4v) is 2.39. The Labute approximate surface area is 171 Å². The van der Waals surface area contributed by atoms with Gasteiger partial charge < -0.3 is 20.3 Å². The first-order valence-electron chi connectivity index (χ1n) is 8.13. The van der Waals surface area contributed by atoms with Crippen molar-refractivity contribution in [3.05, 3.63) is 34.9 Å². The van der Waals surface area contributed by atoms with Gasteiger partial charge in [0.2, 0.25) is 5.91 Å². The van der Waals surface area contributed by atoms with Crippen molar-refractivity contribution in [2.75, 3.05) is 33.8 Å². The molecule has 1 aliphatic rings. The molecule has 0 aromatic heterocycles. The van der Waals surface area contributed by atoms with E-state index in [-0.39, 0.29) is 42.5 Å². The first kappa shape index (κ1) is 22.0. The predicted octanol–water partition coefficient (Wildman–Crippen LogP) is 2.26. The molecule has 0 spiro atoms. The first-order valence-corrected chi connectivity index (χ1v) is 8.51. The van der Waals surface area contributed by atoms with E-state index in [2.05, 4.69) is 15.6 Å². The molecule has 6 nitrogen and oxygen atoms in total. The molecule has 1 aromatic carbocycles. The number of carbonyl (C=O) groups is 1. The van der Waals surface area contributed by atoms with Crippen LogP contribution in [0.15, 0.2) is 29.3 Å². The van der Waals surface area contributed by atoms with Crippen LogP contribution in [0.5, 0.6) is 0 Å². The molecule has 8 heteroatoms. The molecule has 1 heterocycles. The third-order valence-corrected chi connectivity index (χ3v) is 4.01. The van der Waals surface area contributed by atoms with Gasteiger partial charge in [-0.2, -0.15) is 0 Å². The van der Waals surface area contributed by atoms with Crippen molar-refractivity contribution >= 4 is 47.4 Å². The van der Waals surface area contributed by atoms with Crippen molar-refractivity contribution < 1.29 is 9.53 Å². The van der Waals surface area contributed by atoms with Gasteiger partial charge in [0.15, 0.2) is 5.96 Å². The van der Waals surface area contributed by atoms with Crippen molar-refractivity contribution in [3.63, 3.8) is 0 Å². The molecule has 2 rings (SSSR count). The number of nitrogens with one attached hydrogen (secondary N) is 2. The van der Waals surface area contributed by atoms with Crippen LogP contribution in [0.4, 0.5) is 0 Å². The maximum atomic E-state index is 11.8. The number of guanidine groups is 1. The number of nitrogens with zero attached hydrogens (tertiary/aromatic N) is 2. The average molecular weight is 481 g/mol. The molecule has 0 saturated carbocycles. The van der Waals surface area contributed by atoms with Crippen LogP contribution >= 0.6 is 35.6 Å². The number of amides is 1. The zero-order valence-electron chi connectivity index (χ0n) is 14.6. The molecule has 0 aliphatic carbocycles. The van der Waals surface area contributed by atoms with Gasteiger partial charge in [0, 0.05) is 32.3 Å². The summed E-state index contributed by atoms with van der Waals surface area (Å²) < 4.78 is 5.61. The summed E-state index contributed by atoms with van der Waals surface area (Å²) in [5.41, 5.74) is 1.05. The van der Waals surface area contributed by atoms with Crippen LogP contribution in [0, 0.1) is 0 Å². The molecule has 0 radical (unpaired) electrons. The lowest BCUT2D eigenvalue weighted by atomic mass is 10.2. The lowest BCUT2D eigenvalue weighted by molar-refractivity contribution is -0.127. The number of rotatable bonds is 6. The first-order chi connectivity index (χ1) is 11.5. The second-order valence-corrected chi connectivity index (χ2v) is 6.39. The molecule has 1 saturated heterocycles. The highest BCUT2D eigenvalue weighted by Crippen LogP contribution is 2.11. The second-order valence-electron chi connectivity index (χ2n) is 5.95. The zero-order valence-corrected chi connectivity index (χ0v) is 17.7. The highest BCUT2D eigenvalue weighted by atomic mass is 127. The minimum absolute atomic E-state index is 0. The summed E-state index contributed by atoms with van der Waals surface area (Å²) in [4.78, 5) is 17.8. The fourth-order valence-electron chi connectivity index (χ4n) is 2.27. The van der Waals surface area contributed by atoms with Crippen molar-refractivity contribution in [2.24, 2.45) is 4.99 Å². The quantitative estimate of drug-likeness (QED) is 0.372. The molecule has 25 heavy (non-hydrogen) atoms. The lowest BCUT2D eigenvalue weighted by Gasteiger charge is -2.17. The van der Waals surface area contributed by atoms with Gasteiger partial charge in [-0.15, -0.1) is 24.0 Å². The standard InChI is InChI=1S/C17H25ClN4O2.HI/c1-22(2)16(23)12-21-17(20-11-15-4-3-9-24-15)19-10-13-5-7-14(18)8-6-13;/h5-8,15H,3-4,9-12H2,1-2H3,(H2,19,20,21);1H. The van der Waals surface area contributed by atoms with Gasteiger partial charge in [-0.05, 0) is 30.5 Å². The van der Waals surface area contributed by atoms with E-state index in [9.17, 15) is 4.79 Å². The number of hydrogen-bond acceptors (Lipinski definition) is 3. The second kappa shape index (κ2) is 11.5. The number of benzene rings is 1. The number of likely N-dealkylation sites (N-methyl/N-ethyl adjacent to an activating group) is 1. The van der Waals surface area contributed by atoms with E-state index in [1.165, 1.54) is 0 Å². The highest BCUT2D eigenvalue weighted by Gasteiger charge is 2.16. The van der Waals surface area contributed by atoms with E-state index >= 15 is 0 Å². The maximum absolute atomic E-state index is 11.8. The van der Waals surface area contributed by atoms with Crippen LogP contribution in [0.25, 0.3) is 0 Å². The number of carbonyl (C=O) groups excluding carboxylic acids is 1. The van der Waals surface area contributed by atoms with Crippen LogP contribution in [-0.2, 0) is 16.1 Å². The van der Waals surface area contributed by atoms with Crippen LogP contribution in [0.3, 0.4) is 0 Å². The van der Waals surface area contributed by atoms with Gasteiger partial charge in [-0.1, -0.05) is 23.7 Å². The molecule has 1 amide bonds. The zero-order chi connectivity index (χ0) is 17.4. The Morgan fingerprint density at radius 3 is 2.64 bits per heavy atom. The molecule has 1 aromatic rings.